The standard InChI is InChI=1S/C27H20FN9O7S/c28-13-6-1-10(7-14(13)32-19-17(29)20(38)21(19)39)9-31-23(41)15-8-16(37-26(33-15)35-36-27(37)45)24(42)34-18(22(30)40)11-2-4-12(5-3-11)25(43)44/h1-8,18,32H,9,29H2,(H2,30,40)(H,31,41)(H,34,42)(H,36,45)(H,43,44)/t18-/m1/s1. The van der Waals surface area contributed by atoms with Gasteiger partial charge in [0, 0.05) is 6.54 Å². The molecule has 0 fully saturated rings. The predicted molar refractivity (Wildman–Crippen MR) is 158 cm³/mol. The second-order valence-corrected chi connectivity index (χ2v) is 9.88. The van der Waals surface area contributed by atoms with Gasteiger partial charge in [-0.2, -0.15) is 0 Å². The number of hydrogen-bond donors (Lipinski definition) is 7. The quantitative estimate of drug-likeness (QED) is 0.0816. The van der Waals surface area contributed by atoms with Gasteiger partial charge in [0.2, 0.25) is 10.7 Å². The summed E-state index contributed by atoms with van der Waals surface area (Å²) in [5.41, 5.74) is 8.51. The van der Waals surface area contributed by atoms with Crippen LogP contribution >= 0.6 is 12.2 Å². The lowest BCUT2D eigenvalue weighted by molar-refractivity contribution is -0.120. The number of primary amides is 1. The average Bonchev–Trinajstić information content (AvgIpc) is 3.41. The molecule has 0 aliphatic carbocycles. The number of nitrogens with one attached hydrogen (secondary N) is 4. The van der Waals surface area contributed by atoms with Crippen molar-refractivity contribution in [3.63, 3.8) is 0 Å². The highest BCUT2D eigenvalue weighted by atomic mass is 32.1. The van der Waals surface area contributed by atoms with E-state index in [1.54, 1.807) is 0 Å². The largest absolute Gasteiger partial charge is 0.478 e. The average molecular weight is 634 g/mol. The minimum atomic E-state index is -1.39. The summed E-state index contributed by atoms with van der Waals surface area (Å²) in [5, 5.41) is 23.0. The van der Waals surface area contributed by atoms with Gasteiger partial charge in [0.15, 0.2) is 0 Å². The first-order valence-corrected chi connectivity index (χ1v) is 13.1. The molecule has 45 heavy (non-hydrogen) atoms. The Morgan fingerprint density at radius 2 is 1.76 bits per heavy atom. The maximum absolute atomic E-state index is 14.3. The van der Waals surface area contributed by atoms with Gasteiger partial charge in [0.1, 0.15) is 34.6 Å². The number of amides is 3. The van der Waals surface area contributed by atoms with Crippen LogP contribution in [0.4, 0.5) is 21.5 Å². The van der Waals surface area contributed by atoms with Crippen LogP contribution in [0.15, 0.2) is 58.1 Å². The number of halogens is 1. The highest BCUT2D eigenvalue weighted by molar-refractivity contribution is 7.71. The fraction of sp³-hybridized carbons (Fsp3) is 0.0741. The van der Waals surface area contributed by atoms with E-state index >= 15 is 0 Å². The molecule has 5 rings (SSSR count). The van der Waals surface area contributed by atoms with Crippen LogP contribution in [0.3, 0.4) is 0 Å². The summed E-state index contributed by atoms with van der Waals surface area (Å²) >= 11 is 5.19. The van der Waals surface area contributed by atoms with Crippen molar-refractivity contribution < 1.29 is 28.7 Å². The summed E-state index contributed by atoms with van der Waals surface area (Å²) < 4.78 is 15.4. The SMILES string of the molecule is NC(=O)[C@H](NC(=O)c1cc(C(=O)NCc2ccc(F)c(Nc3c(N)c(=O)c3=O)c2)nc2n[nH]c(=S)n12)c1ccc(C(=O)O)cc1. The molecule has 5 aromatic rings. The number of nitrogens with two attached hydrogens (primary N) is 2. The van der Waals surface area contributed by atoms with Gasteiger partial charge in [-0.05, 0) is 53.7 Å². The summed E-state index contributed by atoms with van der Waals surface area (Å²) in [6.45, 7) is -0.160. The number of nitrogen functional groups attached to an aromatic ring is 1. The third-order valence-corrected chi connectivity index (χ3v) is 6.87. The number of benzene rings is 2. The molecule has 0 aliphatic rings. The summed E-state index contributed by atoms with van der Waals surface area (Å²) in [4.78, 5) is 77.1. The van der Waals surface area contributed by atoms with E-state index in [0.29, 0.717) is 5.56 Å². The number of nitrogens with zero attached hydrogens (tertiary/aromatic N) is 3. The van der Waals surface area contributed by atoms with Crippen LogP contribution in [0.2, 0.25) is 0 Å². The van der Waals surface area contributed by atoms with Crippen molar-refractivity contribution in [2.75, 3.05) is 11.1 Å². The zero-order chi connectivity index (χ0) is 32.6. The fourth-order valence-corrected chi connectivity index (χ4v) is 4.48. The number of carboxylic acid groups (broad SMARTS) is 1. The Kier molecular flexibility index (Phi) is 7.89. The molecule has 0 saturated carbocycles. The number of fused-ring (bicyclic) bond motifs is 1. The zero-order valence-electron chi connectivity index (χ0n) is 22.6. The minimum Gasteiger partial charge on any atom is -0.478 e. The Morgan fingerprint density at radius 1 is 1.04 bits per heavy atom. The first kappa shape index (κ1) is 30.2. The Labute approximate surface area is 254 Å². The van der Waals surface area contributed by atoms with Crippen LogP contribution in [0.1, 0.15) is 48.5 Å². The molecule has 3 aromatic carbocycles. The van der Waals surface area contributed by atoms with Crippen LogP contribution in [0.5, 0.6) is 0 Å². The molecule has 3 amide bonds. The van der Waals surface area contributed by atoms with Gasteiger partial charge in [-0.1, -0.05) is 18.2 Å². The van der Waals surface area contributed by atoms with Gasteiger partial charge >= 0.3 is 5.97 Å². The first-order valence-electron chi connectivity index (χ1n) is 12.7. The second kappa shape index (κ2) is 11.8. The molecule has 0 saturated heterocycles. The topological polar surface area (TPSA) is 257 Å². The van der Waals surface area contributed by atoms with Crippen LogP contribution in [-0.2, 0) is 11.3 Å². The monoisotopic (exact) mass is 633 g/mol. The van der Waals surface area contributed by atoms with E-state index in [1.165, 1.54) is 36.4 Å². The minimum absolute atomic E-state index is 0.0511. The molecule has 0 spiro atoms. The van der Waals surface area contributed by atoms with Gasteiger partial charge in [0.05, 0.1) is 11.3 Å². The van der Waals surface area contributed by atoms with E-state index in [-0.39, 0.29) is 56.7 Å². The first-order chi connectivity index (χ1) is 21.3. The lowest BCUT2D eigenvalue weighted by Gasteiger charge is -2.17. The van der Waals surface area contributed by atoms with Gasteiger partial charge in [-0.15, -0.1) is 5.10 Å². The second-order valence-electron chi connectivity index (χ2n) is 9.50. The number of hydrogen-bond acceptors (Lipinski definition) is 11. The molecule has 0 radical (unpaired) electrons. The molecule has 2 heterocycles. The van der Waals surface area contributed by atoms with E-state index in [1.807, 2.05) is 0 Å². The lowest BCUT2D eigenvalue weighted by Crippen LogP contribution is -2.38. The van der Waals surface area contributed by atoms with Gasteiger partial charge in [0.25, 0.3) is 28.4 Å². The molecule has 0 bridgehead atoms. The van der Waals surface area contributed by atoms with E-state index in [2.05, 4.69) is 31.1 Å². The number of carboxylic acids is 1. The summed E-state index contributed by atoms with van der Waals surface area (Å²) in [7, 11) is 0. The van der Waals surface area contributed by atoms with Gasteiger partial charge < -0.3 is 32.5 Å². The predicted octanol–water partition coefficient (Wildman–Crippen LogP) is 0.432. The Balaban J connectivity index is 1.38. The molecule has 0 unspecified atom stereocenters. The highest BCUT2D eigenvalue weighted by Gasteiger charge is 2.25. The van der Waals surface area contributed by atoms with E-state index in [0.717, 1.165) is 16.5 Å². The summed E-state index contributed by atoms with van der Waals surface area (Å²) in [6.07, 6.45) is 0. The molecule has 0 aliphatic heterocycles. The van der Waals surface area contributed by atoms with Crippen LogP contribution in [-0.4, -0.2) is 48.4 Å². The van der Waals surface area contributed by atoms with Crippen LogP contribution < -0.4 is 38.3 Å². The number of carbonyl (C=O) groups excluding carboxylic acids is 3. The fourth-order valence-electron chi connectivity index (χ4n) is 4.26. The molecule has 1 atom stereocenters. The third kappa shape index (κ3) is 5.84. The third-order valence-electron chi connectivity index (χ3n) is 6.60. The van der Waals surface area contributed by atoms with E-state index in [9.17, 15) is 33.2 Å². The lowest BCUT2D eigenvalue weighted by atomic mass is 10.0. The molecule has 18 heteroatoms. The van der Waals surface area contributed by atoms with E-state index in [4.69, 9.17) is 28.8 Å². The van der Waals surface area contributed by atoms with Gasteiger partial charge in [-0.3, -0.25) is 24.0 Å². The molecule has 9 N–H and O–H groups in total. The zero-order valence-corrected chi connectivity index (χ0v) is 23.4. The number of H-pyrrole nitrogens is 1. The number of aromatic carboxylic acids is 1. The Hall–Kier alpha value is -6.30. The van der Waals surface area contributed by atoms with Crippen molar-refractivity contribution in [2.24, 2.45) is 5.73 Å². The van der Waals surface area contributed by atoms with Crippen molar-refractivity contribution in [1.29, 1.82) is 0 Å². The number of rotatable bonds is 10. The van der Waals surface area contributed by atoms with Crippen molar-refractivity contribution in [3.8, 4) is 0 Å². The number of carbonyl (C=O) groups is 4. The van der Waals surface area contributed by atoms with Crippen LogP contribution in [0.25, 0.3) is 5.78 Å². The van der Waals surface area contributed by atoms with Crippen molar-refractivity contribution in [1.82, 2.24) is 30.2 Å². The number of aromatic amines is 1. The summed E-state index contributed by atoms with van der Waals surface area (Å²) in [6, 6.07) is 8.55. The number of anilines is 3. The maximum Gasteiger partial charge on any atom is 0.335 e. The molecule has 228 valence electrons. The molecule has 2 aromatic heterocycles. The molecular weight excluding hydrogens is 613 g/mol. The van der Waals surface area contributed by atoms with Crippen molar-refractivity contribution >= 4 is 58.7 Å². The summed E-state index contributed by atoms with van der Waals surface area (Å²) in [5.74, 6) is -4.72. The molecular formula is C27H20FN9O7S. The smallest absolute Gasteiger partial charge is 0.335 e. The Bertz CT molecular complexity index is 2170. The Morgan fingerprint density at radius 3 is 2.40 bits per heavy atom. The van der Waals surface area contributed by atoms with Gasteiger partial charge in [-0.25, -0.2) is 23.7 Å². The van der Waals surface area contributed by atoms with E-state index < -0.39 is 46.4 Å². The van der Waals surface area contributed by atoms with Crippen molar-refractivity contribution in [3.05, 3.63) is 108 Å². The van der Waals surface area contributed by atoms with Crippen LogP contribution in [0, 0.1) is 10.6 Å². The normalized spacial score (nSPS) is 11.7. The number of aromatic nitrogens is 4. The highest BCUT2D eigenvalue weighted by Crippen LogP contribution is 2.23. The molecule has 16 nitrogen and oxygen atoms in total. The van der Waals surface area contributed by atoms with Crippen molar-refractivity contribution in [2.45, 2.75) is 12.6 Å². The maximum atomic E-state index is 14.3.